The molecule has 15 heteroatoms. The van der Waals surface area contributed by atoms with Crippen LogP contribution in [0.25, 0.3) is 32.9 Å². The van der Waals surface area contributed by atoms with E-state index in [1.807, 2.05) is 31.6 Å². The molecular formula is C42H47N5O10. The van der Waals surface area contributed by atoms with E-state index in [2.05, 4.69) is 51.2 Å². The maximum Gasteiger partial charge on any atom is 0.262 e. The van der Waals surface area contributed by atoms with Gasteiger partial charge < -0.3 is 43.1 Å². The van der Waals surface area contributed by atoms with Crippen molar-refractivity contribution in [1.29, 1.82) is 0 Å². The molecule has 2 aromatic carbocycles. The second-order valence-corrected chi connectivity index (χ2v) is 13.2. The maximum absolute atomic E-state index is 13.1. The van der Waals surface area contributed by atoms with Gasteiger partial charge in [0.25, 0.3) is 11.8 Å². The van der Waals surface area contributed by atoms with Gasteiger partial charge in [0.1, 0.15) is 31.3 Å². The first-order valence-electron chi connectivity index (χ1n) is 18.8. The molecule has 0 spiro atoms. The van der Waals surface area contributed by atoms with Crippen LogP contribution in [0.4, 0.5) is 0 Å². The monoisotopic (exact) mass is 781 g/mol. The van der Waals surface area contributed by atoms with E-state index >= 15 is 0 Å². The largest absolute Gasteiger partial charge is 0.491 e. The first-order chi connectivity index (χ1) is 27.8. The number of aromatic nitrogens is 3. The lowest BCUT2D eigenvalue weighted by molar-refractivity contribution is -0.124. The zero-order chi connectivity index (χ0) is 40.1. The quantitative estimate of drug-likeness (QED) is 0.0567. The maximum atomic E-state index is 13.1. The van der Waals surface area contributed by atoms with Crippen molar-refractivity contribution in [3.8, 4) is 22.8 Å². The van der Waals surface area contributed by atoms with Crippen molar-refractivity contribution in [1.82, 2.24) is 24.8 Å². The summed E-state index contributed by atoms with van der Waals surface area (Å²) in [5.74, 6) is -0.738. The Kier molecular flexibility index (Phi) is 14.3. The van der Waals surface area contributed by atoms with Crippen LogP contribution in [0.15, 0.2) is 67.1 Å². The zero-order valence-corrected chi connectivity index (χ0v) is 32.4. The van der Waals surface area contributed by atoms with E-state index in [9.17, 15) is 19.2 Å². The van der Waals surface area contributed by atoms with E-state index in [0.717, 1.165) is 38.0 Å². The van der Waals surface area contributed by atoms with Crippen molar-refractivity contribution >= 4 is 45.8 Å². The molecule has 3 amide bonds. The Balaban J connectivity index is 0.785. The van der Waals surface area contributed by atoms with Crippen molar-refractivity contribution < 1.29 is 47.6 Å². The van der Waals surface area contributed by atoms with Gasteiger partial charge in [0, 0.05) is 66.5 Å². The number of hydrogen-bond donors (Lipinski definition) is 1. The molecule has 0 bridgehead atoms. The van der Waals surface area contributed by atoms with Gasteiger partial charge in [-0.25, -0.2) is 4.98 Å². The molecule has 1 atom stereocenters. The number of carbonyl (C=O) groups excluding carboxylic acids is 4. The van der Waals surface area contributed by atoms with Gasteiger partial charge in [-0.2, -0.15) is 0 Å². The molecule has 4 heterocycles. The number of rotatable bonds is 23. The molecule has 0 fully saturated rings. The third-order valence-electron chi connectivity index (χ3n) is 9.56. The summed E-state index contributed by atoms with van der Waals surface area (Å²) in [7, 11) is 3.48. The number of imide groups is 1. The molecule has 57 heavy (non-hydrogen) atoms. The third kappa shape index (κ3) is 9.81. The lowest BCUT2D eigenvalue weighted by atomic mass is 10.0. The minimum absolute atomic E-state index is 0.0353. The fourth-order valence-electron chi connectivity index (χ4n) is 6.66. The second-order valence-electron chi connectivity index (χ2n) is 13.2. The van der Waals surface area contributed by atoms with Crippen LogP contribution >= 0.6 is 0 Å². The number of amides is 3. The average Bonchev–Trinajstić information content (AvgIpc) is 3.65. The fraction of sp³-hybridized carbons (Fsp3) is 0.381. The summed E-state index contributed by atoms with van der Waals surface area (Å²) in [5, 5.41) is 4.76. The summed E-state index contributed by atoms with van der Waals surface area (Å²) in [6, 6.07) is 14.0. The molecule has 300 valence electrons. The van der Waals surface area contributed by atoms with Gasteiger partial charge in [-0.15, -0.1) is 0 Å². The van der Waals surface area contributed by atoms with Crippen LogP contribution < -0.4 is 14.8 Å². The highest BCUT2D eigenvalue weighted by molar-refractivity contribution is 6.23. The number of nitrogens with zero attached hydrogens (tertiary/aromatic N) is 4. The van der Waals surface area contributed by atoms with Crippen molar-refractivity contribution in [3.05, 3.63) is 83.8 Å². The molecule has 0 aliphatic carbocycles. The van der Waals surface area contributed by atoms with Crippen LogP contribution in [0, 0.1) is 6.92 Å². The zero-order valence-electron chi connectivity index (χ0n) is 32.4. The highest BCUT2D eigenvalue weighted by Crippen LogP contribution is 2.33. The van der Waals surface area contributed by atoms with Crippen LogP contribution in [0.1, 0.15) is 39.1 Å². The number of aryl methyl sites for hydroxylation is 2. The lowest BCUT2D eigenvalue weighted by Gasteiger charge is -2.24. The topological polar surface area (TPSA) is 170 Å². The Labute approximate surface area is 330 Å². The van der Waals surface area contributed by atoms with E-state index < -0.39 is 23.8 Å². The molecule has 3 aromatic heterocycles. The SMILES string of the molecule is CNC(=O)C(CCC=O)N1C(=O)c2ccc(OCCOCCOCCOCCOCCOc3ncc(-c4ccc5c6cnccc6n(C)c5c4)cc3C)cc2C1=O. The van der Waals surface area contributed by atoms with Gasteiger partial charge in [0.05, 0.1) is 69.5 Å². The Morgan fingerprint density at radius 1 is 0.754 bits per heavy atom. The van der Waals surface area contributed by atoms with Crippen LogP contribution in [-0.2, 0) is 35.6 Å². The number of likely N-dealkylation sites (N-methyl/N-ethyl adjacent to an activating group) is 1. The molecule has 0 radical (unpaired) electrons. The van der Waals surface area contributed by atoms with Crippen LogP contribution in [0.5, 0.6) is 11.6 Å². The molecule has 15 nitrogen and oxygen atoms in total. The van der Waals surface area contributed by atoms with E-state index in [0.29, 0.717) is 70.8 Å². The average molecular weight is 782 g/mol. The Hall–Kier alpha value is -5.74. The Morgan fingerprint density at radius 3 is 2.09 bits per heavy atom. The minimum atomic E-state index is -1.08. The number of pyridine rings is 2. The van der Waals surface area contributed by atoms with Crippen LogP contribution in [-0.4, -0.2) is 123 Å². The number of carbonyl (C=O) groups is 4. The first-order valence-corrected chi connectivity index (χ1v) is 18.8. The number of nitrogens with one attached hydrogen (secondary N) is 1. The fourth-order valence-corrected chi connectivity index (χ4v) is 6.66. The number of fused-ring (bicyclic) bond motifs is 4. The van der Waals surface area contributed by atoms with Crippen LogP contribution in [0.3, 0.4) is 0 Å². The minimum Gasteiger partial charge on any atom is -0.491 e. The molecule has 0 saturated carbocycles. The van der Waals surface area contributed by atoms with Crippen molar-refractivity contribution in [2.45, 2.75) is 25.8 Å². The summed E-state index contributed by atoms with van der Waals surface area (Å²) < 4.78 is 36.1. The number of hydrogen-bond acceptors (Lipinski definition) is 12. The normalized spacial score (nSPS) is 13.0. The van der Waals surface area contributed by atoms with Gasteiger partial charge in [-0.3, -0.25) is 24.3 Å². The molecule has 0 saturated heterocycles. The summed E-state index contributed by atoms with van der Waals surface area (Å²) in [6.45, 7) is 5.67. The first kappa shape index (κ1) is 40.9. The number of ether oxygens (including phenoxy) is 6. The molecule has 1 unspecified atom stereocenters. The summed E-state index contributed by atoms with van der Waals surface area (Å²) >= 11 is 0. The second kappa shape index (κ2) is 19.9. The Bertz CT molecular complexity index is 2210. The van der Waals surface area contributed by atoms with Gasteiger partial charge in [-0.1, -0.05) is 12.1 Å². The molecule has 1 aliphatic rings. The predicted octanol–water partition coefficient (Wildman–Crippen LogP) is 4.31. The molecule has 1 N–H and O–H groups in total. The van der Waals surface area contributed by atoms with E-state index in [1.165, 1.54) is 24.6 Å². The summed E-state index contributed by atoms with van der Waals surface area (Å²) in [4.78, 5) is 59.0. The lowest BCUT2D eigenvalue weighted by Crippen LogP contribution is -2.48. The van der Waals surface area contributed by atoms with Gasteiger partial charge in [0.15, 0.2) is 0 Å². The van der Waals surface area contributed by atoms with Gasteiger partial charge in [0.2, 0.25) is 11.8 Å². The van der Waals surface area contributed by atoms with E-state index in [4.69, 9.17) is 28.4 Å². The molecule has 5 aromatic rings. The van der Waals surface area contributed by atoms with Crippen molar-refractivity contribution in [2.24, 2.45) is 7.05 Å². The molecule has 1 aliphatic heterocycles. The number of benzene rings is 2. The van der Waals surface area contributed by atoms with Gasteiger partial charge in [-0.05, 0) is 55.3 Å². The highest BCUT2D eigenvalue weighted by Gasteiger charge is 2.42. The van der Waals surface area contributed by atoms with E-state index in [-0.39, 0.29) is 37.2 Å². The van der Waals surface area contributed by atoms with Crippen LogP contribution in [0.2, 0.25) is 0 Å². The van der Waals surface area contributed by atoms with E-state index in [1.54, 1.807) is 6.07 Å². The standard InChI is InChI=1S/C42H47N5O10/c1-28-23-30(29-6-8-32-35-27-44-11-10-36(35)46(3)38(32)24-29)26-45-40(28)57-22-20-55-18-16-53-14-13-52-15-17-54-19-21-56-31-7-9-33-34(25-31)42(51)47(41(33)50)37(5-4-12-48)39(49)43-2/h6-12,23-27,37H,4-5,13-22H2,1-3H3,(H,43,49). The smallest absolute Gasteiger partial charge is 0.262 e. The predicted molar refractivity (Wildman–Crippen MR) is 211 cm³/mol. The highest BCUT2D eigenvalue weighted by atomic mass is 16.6. The third-order valence-corrected chi connectivity index (χ3v) is 9.56. The van der Waals surface area contributed by atoms with Crippen molar-refractivity contribution in [2.75, 3.05) is 73.1 Å². The Morgan fingerprint density at radius 2 is 1.42 bits per heavy atom. The van der Waals surface area contributed by atoms with Crippen molar-refractivity contribution in [3.63, 3.8) is 0 Å². The molecule has 6 rings (SSSR count). The summed E-state index contributed by atoms with van der Waals surface area (Å²) in [5.41, 5.74) is 5.66. The number of aldehydes is 1. The summed E-state index contributed by atoms with van der Waals surface area (Å²) in [6.07, 6.45) is 6.28. The van der Waals surface area contributed by atoms with Gasteiger partial charge >= 0.3 is 0 Å². The molecular weight excluding hydrogens is 734 g/mol.